The number of rotatable bonds is 7. The molecule has 4 heteroatoms. The second-order valence-corrected chi connectivity index (χ2v) is 5.54. The van der Waals surface area contributed by atoms with Crippen molar-refractivity contribution >= 4 is 27.5 Å². The Labute approximate surface area is 88.3 Å². The molecular weight excluding hydrogens is 202 g/mol. The average molecular weight is 219 g/mol. The summed E-state index contributed by atoms with van der Waals surface area (Å²) in [7, 11) is 5.28. The molecule has 0 aromatic carbocycles. The molecule has 1 N–H and O–H groups in total. The molecule has 0 aliphatic heterocycles. The van der Waals surface area contributed by atoms with Gasteiger partial charge in [-0.3, -0.25) is 4.79 Å². The number of carbonyl (C=O) groups excluding carboxylic acids is 1. The zero-order valence-electron chi connectivity index (χ0n) is 8.21. The van der Waals surface area contributed by atoms with Crippen LogP contribution in [-0.2, 0) is 4.79 Å². The quantitative estimate of drug-likeness (QED) is 0.405. The monoisotopic (exact) mass is 219 g/mol. The van der Waals surface area contributed by atoms with Crippen molar-refractivity contribution in [2.75, 3.05) is 12.8 Å². The van der Waals surface area contributed by atoms with Gasteiger partial charge in [-0.15, -0.1) is 6.58 Å². The second-order valence-electron chi connectivity index (χ2n) is 2.69. The predicted molar refractivity (Wildman–Crippen MR) is 63.0 cm³/mol. The smallest absolute Gasteiger partial charge is 0.219 e. The largest absolute Gasteiger partial charge is 0.359 e. The van der Waals surface area contributed by atoms with Crippen LogP contribution in [0.4, 0.5) is 0 Å². The molecule has 0 aromatic rings. The maximum atomic E-state index is 10.9. The molecule has 0 aromatic heterocycles. The molecule has 1 amide bonds. The van der Waals surface area contributed by atoms with E-state index in [9.17, 15) is 4.79 Å². The highest BCUT2D eigenvalue weighted by Crippen LogP contribution is 2.28. The average Bonchev–Trinajstić information content (AvgIpc) is 2.14. The van der Waals surface area contributed by atoms with Gasteiger partial charge in [-0.1, -0.05) is 34.6 Å². The van der Waals surface area contributed by atoms with Crippen LogP contribution in [0.2, 0.25) is 0 Å². The molecule has 0 saturated heterocycles. The van der Waals surface area contributed by atoms with E-state index in [1.54, 1.807) is 17.8 Å². The summed E-state index contributed by atoms with van der Waals surface area (Å²) in [5.74, 6) is 1.09. The Morgan fingerprint density at radius 1 is 1.69 bits per heavy atom. The van der Waals surface area contributed by atoms with Crippen molar-refractivity contribution in [1.82, 2.24) is 5.32 Å². The molecule has 0 heterocycles. The first-order chi connectivity index (χ1) is 6.20. The second kappa shape index (κ2) is 8.51. The Bertz CT molecular complexity index is 162. The Morgan fingerprint density at radius 2 is 2.38 bits per heavy atom. The maximum Gasteiger partial charge on any atom is 0.219 e. The zero-order chi connectivity index (χ0) is 10.1. The first-order valence-corrected chi connectivity index (χ1v) is 6.68. The molecule has 0 aliphatic rings. The van der Waals surface area contributed by atoms with Gasteiger partial charge in [0.2, 0.25) is 5.91 Å². The molecule has 0 rings (SSSR count). The van der Waals surface area contributed by atoms with Crippen LogP contribution < -0.4 is 5.32 Å². The van der Waals surface area contributed by atoms with Gasteiger partial charge in [0.15, 0.2) is 0 Å². The predicted octanol–water partition coefficient (Wildman–Crippen LogP) is 2.47. The van der Waals surface area contributed by atoms with E-state index in [0.717, 1.165) is 12.2 Å². The topological polar surface area (TPSA) is 29.1 Å². The van der Waals surface area contributed by atoms with E-state index in [-0.39, 0.29) is 5.91 Å². The van der Waals surface area contributed by atoms with Crippen LogP contribution in [0.15, 0.2) is 12.7 Å². The number of nitrogens with one attached hydrogen (secondary N) is 1. The number of hydrogen-bond donors (Lipinski definition) is 1. The third-order valence-electron chi connectivity index (χ3n) is 1.47. The van der Waals surface area contributed by atoms with Gasteiger partial charge in [0.1, 0.15) is 0 Å². The lowest BCUT2D eigenvalue weighted by Crippen LogP contribution is -2.18. The van der Waals surface area contributed by atoms with Crippen LogP contribution in [0.3, 0.4) is 0 Å². The summed E-state index contributed by atoms with van der Waals surface area (Å²) in [6, 6.07) is 0. The van der Waals surface area contributed by atoms with Gasteiger partial charge >= 0.3 is 0 Å². The van der Waals surface area contributed by atoms with Gasteiger partial charge < -0.3 is 5.32 Å². The van der Waals surface area contributed by atoms with Gasteiger partial charge in [-0.25, -0.2) is 0 Å². The van der Waals surface area contributed by atoms with E-state index in [0.29, 0.717) is 11.7 Å². The number of carbonyl (C=O) groups is 1. The van der Waals surface area contributed by atoms with Crippen LogP contribution in [0.5, 0.6) is 0 Å². The minimum absolute atomic E-state index is 0.126. The van der Waals surface area contributed by atoms with Crippen molar-refractivity contribution in [3.8, 4) is 0 Å². The molecule has 1 atom stereocenters. The Kier molecular flexibility index (Phi) is 8.45. The summed E-state index contributed by atoms with van der Waals surface area (Å²) in [5.41, 5.74) is 0. The summed E-state index contributed by atoms with van der Waals surface area (Å²) in [5, 5.41) is 3.15. The molecule has 0 bridgehead atoms. The fourth-order valence-electron chi connectivity index (χ4n) is 0.711. The fraction of sp³-hybridized carbons (Fsp3) is 0.667. The van der Waals surface area contributed by atoms with E-state index >= 15 is 0 Å². The third kappa shape index (κ3) is 8.25. The van der Waals surface area contributed by atoms with Gasteiger partial charge in [0.25, 0.3) is 0 Å². The first-order valence-electron chi connectivity index (χ1n) is 4.30. The van der Waals surface area contributed by atoms with E-state index in [1.807, 2.05) is 16.9 Å². The molecule has 0 fully saturated rings. The Hall–Kier alpha value is -0.0900. The molecular formula is C9H17NOS2. The van der Waals surface area contributed by atoms with Crippen molar-refractivity contribution in [3.05, 3.63) is 12.7 Å². The highest BCUT2D eigenvalue weighted by molar-refractivity contribution is 8.77. The van der Waals surface area contributed by atoms with Gasteiger partial charge in [0.05, 0.1) is 0 Å². The van der Waals surface area contributed by atoms with E-state index in [2.05, 4.69) is 18.8 Å². The summed E-state index contributed by atoms with van der Waals surface area (Å²) in [6.07, 6.45) is 3.46. The molecule has 0 aliphatic carbocycles. The van der Waals surface area contributed by atoms with Crippen LogP contribution >= 0.6 is 21.6 Å². The van der Waals surface area contributed by atoms with Crippen molar-refractivity contribution < 1.29 is 4.79 Å². The maximum absolute atomic E-state index is 10.9. The Morgan fingerprint density at radius 3 is 2.92 bits per heavy atom. The van der Waals surface area contributed by atoms with Crippen molar-refractivity contribution in [2.45, 2.75) is 25.0 Å². The standard InChI is InChI=1S/C9H17NOS2/c1-4-7-12-13-8(2)5-6-9(11)10-3/h4,8H,1,5-7H2,2-3H3,(H,10,11). The molecule has 13 heavy (non-hydrogen) atoms. The SMILES string of the molecule is C=CCSSC(C)CCC(=O)NC. The summed E-state index contributed by atoms with van der Waals surface area (Å²) in [4.78, 5) is 10.9. The van der Waals surface area contributed by atoms with Crippen molar-refractivity contribution in [2.24, 2.45) is 0 Å². The minimum atomic E-state index is 0.126. The van der Waals surface area contributed by atoms with Crippen LogP contribution in [0.1, 0.15) is 19.8 Å². The summed E-state index contributed by atoms with van der Waals surface area (Å²) in [6.45, 7) is 5.79. The molecule has 1 unspecified atom stereocenters. The minimum Gasteiger partial charge on any atom is -0.359 e. The van der Waals surface area contributed by atoms with E-state index in [1.165, 1.54) is 0 Å². The summed E-state index contributed by atoms with van der Waals surface area (Å²) < 4.78 is 0. The van der Waals surface area contributed by atoms with Crippen LogP contribution in [-0.4, -0.2) is 24.0 Å². The number of hydrogen-bond acceptors (Lipinski definition) is 3. The number of amides is 1. The third-order valence-corrected chi connectivity index (χ3v) is 4.35. The van der Waals surface area contributed by atoms with Gasteiger partial charge in [-0.2, -0.15) is 0 Å². The molecule has 0 radical (unpaired) electrons. The van der Waals surface area contributed by atoms with Crippen LogP contribution in [0.25, 0.3) is 0 Å². The highest BCUT2D eigenvalue weighted by atomic mass is 33.1. The molecule has 0 spiro atoms. The fourth-order valence-corrected chi connectivity index (χ4v) is 2.84. The lowest BCUT2D eigenvalue weighted by Gasteiger charge is -2.08. The molecule has 76 valence electrons. The zero-order valence-corrected chi connectivity index (χ0v) is 9.84. The van der Waals surface area contributed by atoms with Crippen molar-refractivity contribution in [3.63, 3.8) is 0 Å². The van der Waals surface area contributed by atoms with Crippen molar-refractivity contribution in [1.29, 1.82) is 0 Å². The van der Waals surface area contributed by atoms with Gasteiger partial charge in [0, 0.05) is 24.5 Å². The van der Waals surface area contributed by atoms with E-state index in [4.69, 9.17) is 0 Å². The highest BCUT2D eigenvalue weighted by Gasteiger charge is 2.05. The lowest BCUT2D eigenvalue weighted by molar-refractivity contribution is -0.120. The van der Waals surface area contributed by atoms with Gasteiger partial charge in [-0.05, 0) is 6.42 Å². The molecule has 2 nitrogen and oxygen atoms in total. The van der Waals surface area contributed by atoms with Crippen LogP contribution in [0, 0.1) is 0 Å². The first kappa shape index (κ1) is 12.9. The molecule has 0 saturated carbocycles. The summed E-state index contributed by atoms with van der Waals surface area (Å²) >= 11 is 0. The Balaban J connectivity index is 3.34. The lowest BCUT2D eigenvalue weighted by atomic mass is 10.2. The van der Waals surface area contributed by atoms with E-state index < -0.39 is 0 Å². The normalized spacial score (nSPS) is 12.2.